The topological polar surface area (TPSA) is 90.7 Å². The van der Waals surface area contributed by atoms with Crippen LogP contribution in [0.5, 0.6) is 0 Å². The lowest BCUT2D eigenvalue weighted by Gasteiger charge is -2.43. The Kier molecular flexibility index (Phi) is 13.3. The van der Waals surface area contributed by atoms with Gasteiger partial charge < -0.3 is 24.2 Å². The van der Waals surface area contributed by atoms with Crippen molar-refractivity contribution >= 4 is 46.7 Å². The molecule has 50 heavy (non-hydrogen) atoms. The number of amides is 1. The second kappa shape index (κ2) is 17.2. The van der Waals surface area contributed by atoms with Crippen LogP contribution in [-0.2, 0) is 16.6 Å². The SMILES string of the molecule is CC(F)(F)F.Cc1nc2cc(SN(C)c3ccc(C4C[C@H](N5CCCC5)CC(C(=O)Nc5ccccc5F)[C@@H]4C)cc3)ccc2n1C.O=CO. The van der Waals surface area contributed by atoms with Crippen LogP contribution in [0.25, 0.3) is 11.0 Å². The van der Waals surface area contributed by atoms with Gasteiger partial charge in [-0.15, -0.1) is 0 Å². The van der Waals surface area contributed by atoms with Gasteiger partial charge in [-0.1, -0.05) is 31.2 Å². The molecule has 13 heteroatoms. The third-order valence-corrected chi connectivity index (χ3v) is 10.4. The number of para-hydroxylation sites is 1. The summed E-state index contributed by atoms with van der Waals surface area (Å²) in [5.74, 6) is 0.748. The summed E-state index contributed by atoms with van der Waals surface area (Å²) in [6.45, 7) is 6.35. The predicted octanol–water partition coefficient (Wildman–Crippen LogP) is 8.67. The van der Waals surface area contributed by atoms with E-state index in [0.717, 1.165) is 53.4 Å². The van der Waals surface area contributed by atoms with Crippen LogP contribution in [0.15, 0.2) is 71.6 Å². The molecule has 1 amide bonds. The number of benzene rings is 3. The van der Waals surface area contributed by atoms with Crippen LogP contribution in [0.1, 0.15) is 56.8 Å². The summed E-state index contributed by atoms with van der Waals surface area (Å²) in [7, 11) is 4.13. The first-order valence-corrected chi connectivity index (χ1v) is 17.4. The molecule has 2 aliphatic rings. The number of aromatic nitrogens is 2. The molecule has 0 spiro atoms. The number of imidazole rings is 1. The lowest BCUT2D eigenvalue weighted by atomic mass is 9.67. The minimum Gasteiger partial charge on any atom is -0.483 e. The fourth-order valence-electron chi connectivity index (χ4n) is 6.87. The normalized spacial score (nSPS) is 20.7. The standard InChI is InChI=1S/C34H40FN5OS.C2H3F3.CH2O2/c1-22-28(19-26(40-17-7-8-18-40)20-29(22)34(41)37-31-10-6-5-9-30(31)35)24-11-13-25(14-12-24)39(4)42-27-15-16-33-32(21-27)36-23(2)38(33)3;1-2(3,4)5;2-1-3/h5-6,9-16,21-22,26,28-29H,7-8,17-20H2,1-4H3,(H,37,41);1H3;1H,(H,2,3)/t22-,26+,28?,29?;;/m1../s1. The van der Waals surface area contributed by atoms with Gasteiger partial charge in [0.1, 0.15) is 11.6 Å². The Labute approximate surface area is 295 Å². The first-order chi connectivity index (χ1) is 23.7. The molecular weight excluding hydrogens is 670 g/mol. The van der Waals surface area contributed by atoms with E-state index in [1.54, 1.807) is 30.1 Å². The van der Waals surface area contributed by atoms with Crippen molar-refractivity contribution in [3.8, 4) is 0 Å². The molecule has 0 bridgehead atoms. The van der Waals surface area contributed by atoms with Crippen molar-refractivity contribution < 1.29 is 32.3 Å². The van der Waals surface area contributed by atoms with Crippen LogP contribution in [0, 0.1) is 24.6 Å². The lowest BCUT2D eigenvalue weighted by molar-refractivity contribution is -0.124. The fraction of sp³-hybridized carbons (Fsp3) is 0.432. The second-order valence-corrected chi connectivity index (χ2v) is 14.0. The van der Waals surface area contributed by atoms with Gasteiger partial charge in [0.05, 0.1) is 16.7 Å². The first kappa shape index (κ1) is 38.7. The van der Waals surface area contributed by atoms with Gasteiger partial charge >= 0.3 is 6.18 Å². The Morgan fingerprint density at radius 1 is 1.06 bits per heavy atom. The zero-order valence-electron chi connectivity index (χ0n) is 29.0. The van der Waals surface area contributed by atoms with Crippen molar-refractivity contribution in [1.82, 2.24) is 14.5 Å². The van der Waals surface area contributed by atoms with Crippen LogP contribution in [-0.4, -0.2) is 64.3 Å². The predicted molar refractivity (Wildman–Crippen MR) is 191 cm³/mol. The number of nitrogens with one attached hydrogen (secondary N) is 1. The van der Waals surface area contributed by atoms with Crippen molar-refractivity contribution in [3.05, 3.63) is 83.9 Å². The van der Waals surface area contributed by atoms with E-state index >= 15 is 0 Å². The van der Waals surface area contributed by atoms with Crippen molar-refractivity contribution in [2.75, 3.05) is 29.8 Å². The number of halogens is 4. The zero-order chi connectivity index (χ0) is 36.6. The van der Waals surface area contributed by atoms with Gasteiger partial charge in [-0.2, -0.15) is 13.2 Å². The number of alkyl halides is 3. The molecule has 2 unspecified atom stereocenters. The Bertz CT molecular complexity index is 1720. The highest BCUT2D eigenvalue weighted by Crippen LogP contribution is 2.44. The van der Waals surface area contributed by atoms with E-state index in [4.69, 9.17) is 9.90 Å². The molecule has 1 aliphatic heterocycles. The number of aryl methyl sites for hydroxylation is 2. The summed E-state index contributed by atoms with van der Waals surface area (Å²) in [5, 5.41) is 9.80. The minimum atomic E-state index is -4.00. The number of hydrogen-bond acceptors (Lipinski definition) is 6. The summed E-state index contributed by atoms with van der Waals surface area (Å²) in [4.78, 5) is 30.3. The van der Waals surface area contributed by atoms with Crippen molar-refractivity contribution in [3.63, 3.8) is 0 Å². The van der Waals surface area contributed by atoms with Crippen LogP contribution in [0.4, 0.5) is 28.9 Å². The highest BCUT2D eigenvalue weighted by molar-refractivity contribution is 8.00. The van der Waals surface area contributed by atoms with Crippen LogP contribution in [0.2, 0.25) is 0 Å². The first-order valence-electron chi connectivity index (χ1n) is 16.6. The number of likely N-dealkylation sites (tertiary alicyclic amines) is 1. The van der Waals surface area contributed by atoms with E-state index in [9.17, 15) is 22.4 Å². The molecule has 1 aliphatic carbocycles. The van der Waals surface area contributed by atoms with Gasteiger partial charge in [0.15, 0.2) is 0 Å². The van der Waals surface area contributed by atoms with Crippen LogP contribution < -0.4 is 9.62 Å². The minimum absolute atomic E-state index is 0.0747. The number of hydrogen-bond donors (Lipinski definition) is 2. The molecule has 0 radical (unpaired) electrons. The number of nitrogens with zero attached hydrogens (tertiary/aromatic N) is 4. The van der Waals surface area contributed by atoms with Gasteiger partial charge in [0.25, 0.3) is 6.47 Å². The quantitative estimate of drug-likeness (QED) is 0.112. The molecule has 1 saturated heterocycles. The zero-order valence-corrected chi connectivity index (χ0v) is 29.8. The van der Waals surface area contributed by atoms with E-state index in [-0.39, 0.29) is 42.7 Å². The van der Waals surface area contributed by atoms with Crippen LogP contribution >= 0.6 is 11.9 Å². The van der Waals surface area contributed by atoms with E-state index < -0.39 is 12.0 Å². The summed E-state index contributed by atoms with van der Waals surface area (Å²) >= 11 is 1.69. The smallest absolute Gasteiger partial charge is 0.386 e. The number of anilines is 2. The molecule has 2 N–H and O–H groups in total. The third kappa shape index (κ3) is 10.2. The molecule has 3 aromatic carbocycles. The Hall–Kier alpha value is -4.10. The molecule has 270 valence electrons. The highest BCUT2D eigenvalue weighted by atomic mass is 32.2. The number of rotatable bonds is 7. The summed E-state index contributed by atoms with van der Waals surface area (Å²) in [6, 6.07) is 22.1. The number of fused-ring (bicyclic) bond motifs is 1. The molecular formula is C37H45F4N5O3S. The van der Waals surface area contributed by atoms with E-state index in [1.165, 1.54) is 24.5 Å². The van der Waals surface area contributed by atoms with Crippen molar-refractivity contribution in [1.29, 1.82) is 0 Å². The third-order valence-electron chi connectivity index (χ3n) is 9.45. The largest absolute Gasteiger partial charge is 0.483 e. The number of carbonyl (C=O) groups is 2. The highest BCUT2D eigenvalue weighted by Gasteiger charge is 2.42. The summed E-state index contributed by atoms with van der Waals surface area (Å²) in [5.41, 5.74) is 4.79. The summed E-state index contributed by atoms with van der Waals surface area (Å²) in [6.07, 6.45) is 0.288. The van der Waals surface area contributed by atoms with Crippen LogP contribution in [0.3, 0.4) is 0 Å². The summed E-state index contributed by atoms with van der Waals surface area (Å²) < 4.78 is 49.7. The average Bonchev–Trinajstić information content (AvgIpc) is 3.70. The monoisotopic (exact) mass is 715 g/mol. The average molecular weight is 716 g/mol. The molecule has 1 saturated carbocycles. The van der Waals surface area contributed by atoms with E-state index in [1.807, 2.05) is 14.0 Å². The number of carboxylic acid groups (broad SMARTS) is 1. The molecule has 6 rings (SSSR count). The van der Waals surface area contributed by atoms with E-state index in [0.29, 0.717) is 6.04 Å². The molecule has 2 fully saturated rings. The van der Waals surface area contributed by atoms with Crippen molar-refractivity contribution in [2.24, 2.45) is 18.9 Å². The molecule has 2 heterocycles. The lowest BCUT2D eigenvalue weighted by Crippen LogP contribution is -2.45. The fourth-order valence-corrected chi connectivity index (χ4v) is 7.71. The van der Waals surface area contributed by atoms with Gasteiger partial charge in [0.2, 0.25) is 5.91 Å². The molecule has 1 aromatic heterocycles. The van der Waals surface area contributed by atoms with Gasteiger partial charge in [0, 0.05) is 43.6 Å². The van der Waals surface area contributed by atoms with E-state index in [2.05, 4.69) is 80.5 Å². The Morgan fingerprint density at radius 2 is 1.68 bits per heavy atom. The maximum Gasteiger partial charge on any atom is 0.386 e. The van der Waals surface area contributed by atoms with Gasteiger partial charge in [-0.25, -0.2) is 9.37 Å². The van der Waals surface area contributed by atoms with Gasteiger partial charge in [-0.05, 0) is 118 Å². The maximum absolute atomic E-state index is 14.4. The van der Waals surface area contributed by atoms with Crippen molar-refractivity contribution in [2.45, 2.75) is 69.5 Å². The molecule has 4 atom stereocenters. The Balaban J connectivity index is 0.000000637. The number of carbonyl (C=O) groups excluding carboxylic acids is 1. The Morgan fingerprint density at radius 3 is 2.30 bits per heavy atom. The molecule has 4 aromatic rings. The second-order valence-electron chi connectivity index (χ2n) is 12.8. The maximum atomic E-state index is 14.4. The van der Waals surface area contributed by atoms with Gasteiger partial charge in [-0.3, -0.25) is 9.59 Å². The molecule has 8 nitrogen and oxygen atoms in total.